The van der Waals surface area contributed by atoms with Crippen molar-refractivity contribution in [2.75, 3.05) is 0 Å². The fourth-order valence-electron chi connectivity index (χ4n) is 1.76. The van der Waals surface area contributed by atoms with Gasteiger partial charge < -0.3 is 0 Å². The Bertz CT molecular complexity index is 300. The summed E-state index contributed by atoms with van der Waals surface area (Å²) in [6.45, 7) is 8.63. The molecule has 0 fully saturated rings. The van der Waals surface area contributed by atoms with Crippen LogP contribution in [0.15, 0.2) is 11.0 Å². The highest BCUT2D eigenvalue weighted by Crippen LogP contribution is 2.25. The maximum absolute atomic E-state index is 4.48. The van der Waals surface area contributed by atoms with Crippen molar-refractivity contribution in [2.24, 2.45) is 0 Å². The molecule has 0 atom stereocenters. The second-order valence-electron chi connectivity index (χ2n) is 3.32. The van der Waals surface area contributed by atoms with Gasteiger partial charge in [-0.05, 0) is 49.4 Å². The van der Waals surface area contributed by atoms with Gasteiger partial charge in [-0.25, -0.2) is 0 Å². The zero-order chi connectivity index (χ0) is 9.30. The van der Waals surface area contributed by atoms with E-state index in [1.165, 1.54) is 22.3 Å². The lowest BCUT2D eigenvalue weighted by molar-refractivity contribution is 1.04. The third kappa shape index (κ3) is 1.51. The van der Waals surface area contributed by atoms with Crippen LogP contribution in [-0.2, 0) is 6.42 Å². The van der Waals surface area contributed by atoms with Gasteiger partial charge in [-0.2, -0.15) is 0 Å². The van der Waals surface area contributed by atoms with Crippen molar-refractivity contribution < 1.29 is 0 Å². The molecular formula is C11H16S. The van der Waals surface area contributed by atoms with E-state index in [-0.39, 0.29) is 0 Å². The van der Waals surface area contributed by atoms with E-state index in [9.17, 15) is 0 Å². The molecule has 12 heavy (non-hydrogen) atoms. The summed E-state index contributed by atoms with van der Waals surface area (Å²) in [5, 5.41) is 0. The smallest absolute Gasteiger partial charge is 0.0101 e. The quantitative estimate of drug-likeness (QED) is 0.629. The minimum atomic E-state index is 1.10. The standard InChI is InChI=1S/C11H16S/c1-5-10-7(2)6-8(3)11(12)9(10)4/h6,12H,5H2,1-4H3. The summed E-state index contributed by atoms with van der Waals surface area (Å²) < 4.78 is 0. The first-order chi connectivity index (χ1) is 5.57. The first-order valence-corrected chi connectivity index (χ1v) is 4.81. The normalized spacial score (nSPS) is 10.4. The van der Waals surface area contributed by atoms with Crippen molar-refractivity contribution in [3.63, 3.8) is 0 Å². The van der Waals surface area contributed by atoms with Crippen LogP contribution in [0.3, 0.4) is 0 Å². The van der Waals surface area contributed by atoms with Crippen LogP contribution in [0.25, 0.3) is 0 Å². The summed E-state index contributed by atoms with van der Waals surface area (Å²) in [5.41, 5.74) is 5.47. The summed E-state index contributed by atoms with van der Waals surface area (Å²) in [6, 6.07) is 2.22. The first kappa shape index (κ1) is 9.66. The fraction of sp³-hybridized carbons (Fsp3) is 0.455. The Morgan fingerprint density at radius 3 is 2.25 bits per heavy atom. The summed E-state index contributed by atoms with van der Waals surface area (Å²) in [5.74, 6) is 0. The number of thiol groups is 1. The minimum absolute atomic E-state index is 1.10. The molecule has 0 aromatic heterocycles. The number of benzene rings is 1. The molecule has 0 aliphatic heterocycles. The Morgan fingerprint density at radius 2 is 1.75 bits per heavy atom. The number of aryl methyl sites for hydroxylation is 2. The number of hydrogen-bond donors (Lipinski definition) is 1. The van der Waals surface area contributed by atoms with Gasteiger partial charge in [0.05, 0.1) is 0 Å². The van der Waals surface area contributed by atoms with Gasteiger partial charge >= 0.3 is 0 Å². The fourth-order valence-corrected chi connectivity index (χ4v) is 1.96. The van der Waals surface area contributed by atoms with Crippen molar-refractivity contribution in [3.05, 3.63) is 28.3 Å². The molecule has 66 valence electrons. The lowest BCUT2D eigenvalue weighted by atomic mass is 9.98. The van der Waals surface area contributed by atoms with Crippen molar-refractivity contribution in [3.8, 4) is 0 Å². The minimum Gasteiger partial charge on any atom is -0.143 e. The van der Waals surface area contributed by atoms with Crippen LogP contribution in [0.1, 0.15) is 29.2 Å². The molecule has 0 saturated carbocycles. The van der Waals surface area contributed by atoms with Gasteiger partial charge in [0, 0.05) is 4.90 Å². The highest BCUT2D eigenvalue weighted by atomic mass is 32.1. The van der Waals surface area contributed by atoms with Gasteiger partial charge in [0.15, 0.2) is 0 Å². The molecule has 0 saturated heterocycles. The molecule has 0 unspecified atom stereocenters. The molecule has 0 heterocycles. The maximum atomic E-state index is 4.48. The molecule has 1 aromatic rings. The molecule has 1 rings (SSSR count). The van der Waals surface area contributed by atoms with Gasteiger partial charge in [-0.1, -0.05) is 13.0 Å². The van der Waals surface area contributed by atoms with Crippen molar-refractivity contribution >= 4 is 12.6 Å². The summed E-state index contributed by atoms with van der Waals surface area (Å²) >= 11 is 4.48. The molecular weight excluding hydrogens is 164 g/mol. The van der Waals surface area contributed by atoms with E-state index in [0.29, 0.717) is 0 Å². The first-order valence-electron chi connectivity index (χ1n) is 4.36. The third-order valence-electron chi connectivity index (χ3n) is 2.44. The third-order valence-corrected chi connectivity index (χ3v) is 3.13. The zero-order valence-corrected chi connectivity index (χ0v) is 9.13. The van der Waals surface area contributed by atoms with Crippen LogP contribution in [-0.4, -0.2) is 0 Å². The molecule has 1 heteroatoms. The summed E-state index contributed by atoms with van der Waals surface area (Å²) in [6.07, 6.45) is 1.10. The highest BCUT2D eigenvalue weighted by molar-refractivity contribution is 7.80. The van der Waals surface area contributed by atoms with Gasteiger partial charge in [0.25, 0.3) is 0 Å². The van der Waals surface area contributed by atoms with E-state index < -0.39 is 0 Å². The van der Waals surface area contributed by atoms with Crippen LogP contribution < -0.4 is 0 Å². The number of hydrogen-bond acceptors (Lipinski definition) is 1. The highest BCUT2D eigenvalue weighted by Gasteiger charge is 2.05. The van der Waals surface area contributed by atoms with Gasteiger partial charge in [0.1, 0.15) is 0 Å². The van der Waals surface area contributed by atoms with Gasteiger partial charge in [-0.3, -0.25) is 0 Å². The second kappa shape index (κ2) is 3.53. The van der Waals surface area contributed by atoms with Gasteiger partial charge in [-0.15, -0.1) is 12.6 Å². The largest absolute Gasteiger partial charge is 0.143 e. The molecule has 0 radical (unpaired) electrons. The Morgan fingerprint density at radius 1 is 1.17 bits per heavy atom. The van der Waals surface area contributed by atoms with Crippen LogP contribution in [0.4, 0.5) is 0 Å². The Labute approximate surface area is 80.4 Å². The van der Waals surface area contributed by atoms with Crippen LogP contribution in [0.5, 0.6) is 0 Å². The lowest BCUT2D eigenvalue weighted by Crippen LogP contribution is -1.95. The number of rotatable bonds is 1. The Kier molecular flexibility index (Phi) is 2.84. The zero-order valence-electron chi connectivity index (χ0n) is 8.23. The van der Waals surface area contributed by atoms with Crippen LogP contribution in [0.2, 0.25) is 0 Å². The predicted octanol–water partition coefficient (Wildman–Crippen LogP) is 3.46. The second-order valence-corrected chi connectivity index (χ2v) is 3.76. The van der Waals surface area contributed by atoms with E-state index in [2.05, 4.69) is 46.4 Å². The molecule has 0 spiro atoms. The predicted molar refractivity (Wildman–Crippen MR) is 57.3 cm³/mol. The lowest BCUT2D eigenvalue weighted by Gasteiger charge is -2.12. The molecule has 0 aliphatic carbocycles. The SMILES string of the molecule is CCc1c(C)cc(C)c(S)c1C. The van der Waals surface area contributed by atoms with E-state index in [0.717, 1.165) is 11.3 Å². The van der Waals surface area contributed by atoms with E-state index in [1.54, 1.807) is 0 Å². The van der Waals surface area contributed by atoms with E-state index in [4.69, 9.17) is 0 Å². The Balaban J connectivity index is 3.40. The van der Waals surface area contributed by atoms with Crippen molar-refractivity contribution in [1.29, 1.82) is 0 Å². The van der Waals surface area contributed by atoms with Gasteiger partial charge in [0.2, 0.25) is 0 Å². The van der Waals surface area contributed by atoms with Crippen molar-refractivity contribution in [2.45, 2.75) is 39.0 Å². The van der Waals surface area contributed by atoms with E-state index >= 15 is 0 Å². The van der Waals surface area contributed by atoms with Crippen LogP contribution >= 0.6 is 12.6 Å². The summed E-state index contributed by atoms with van der Waals surface area (Å²) in [4.78, 5) is 1.15. The Hall–Kier alpha value is -0.430. The summed E-state index contributed by atoms with van der Waals surface area (Å²) in [7, 11) is 0. The molecule has 0 nitrogen and oxygen atoms in total. The molecule has 0 aliphatic rings. The average molecular weight is 180 g/mol. The topological polar surface area (TPSA) is 0 Å². The molecule has 0 N–H and O–H groups in total. The molecule has 0 bridgehead atoms. The maximum Gasteiger partial charge on any atom is 0.0101 e. The van der Waals surface area contributed by atoms with Crippen LogP contribution in [0, 0.1) is 20.8 Å². The average Bonchev–Trinajstić information content (AvgIpc) is 2.01. The van der Waals surface area contributed by atoms with Crippen molar-refractivity contribution in [1.82, 2.24) is 0 Å². The van der Waals surface area contributed by atoms with E-state index in [1.807, 2.05) is 0 Å². The monoisotopic (exact) mass is 180 g/mol. The molecule has 1 aromatic carbocycles. The molecule has 0 amide bonds.